The number of carbonyl (C=O) groups is 9. The van der Waals surface area contributed by atoms with Crippen molar-refractivity contribution in [3.05, 3.63) is 0 Å². The Hall–Kier alpha value is -4.17. The van der Waals surface area contributed by atoms with Crippen LogP contribution >= 0.6 is 0 Å². The van der Waals surface area contributed by atoms with Crippen molar-refractivity contribution in [1.82, 2.24) is 10.6 Å². The van der Waals surface area contributed by atoms with Gasteiger partial charge in [0.05, 0.1) is 11.8 Å². The molecule has 15 heteroatoms. The predicted molar refractivity (Wildman–Crippen MR) is 219 cm³/mol. The predicted octanol–water partition coefficient (Wildman–Crippen LogP) is 7.30. The number of Topliss-reactive ketones (excluding diaryl/α,β-unsaturated/α-hetero) is 3. The summed E-state index contributed by atoms with van der Waals surface area (Å²) >= 11 is 0. The highest BCUT2D eigenvalue weighted by atomic mass is 16.4. The van der Waals surface area contributed by atoms with Crippen LogP contribution in [0.5, 0.6) is 0 Å². The van der Waals surface area contributed by atoms with Gasteiger partial charge in [-0.1, -0.05) is 90.4 Å². The Balaban J connectivity index is 0. The lowest BCUT2D eigenvalue weighted by Gasteiger charge is -2.16. The molecule has 0 aliphatic carbocycles. The minimum atomic E-state index is -1.46. The number of amides is 2. The van der Waals surface area contributed by atoms with Crippen molar-refractivity contribution < 1.29 is 65.0 Å². The highest BCUT2D eigenvalue weighted by Crippen LogP contribution is 2.19. The molecule has 0 unspecified atom stereocenters. The third-order valence-electron chi connectivity index (χ3n) is 10.6. The Bertz CT molecular complexity index is 1290. The highest BCUT2D eigenvalue weighted by molar-refractivity contribution is 5.87. The first-order chi connectivity index (χ1) is 27.5. The summed E-state index contributed by atoms with van der Waals surface area (Å²) < 4.78 is 0. The van der Waals surface area contributed by atoms with Gasteiger partial charge in [0.25, 0.3) is 0 Å². The number of hydrogen-bond acceptors (Lipinski definition) is 9. The summed E-state index contributed by atoms with van der Waals surface area (Å²) in [5.41, 5.74) is 0. The maximum absolute atomic E-state index is 12.6. The van der Waals surface area contributed by atoms with Crippen molar-refractivity contribution in [3.63, 3.8) is 0 Å². The van der Waals surface area contributed by atoms with Crippen molar-refractivity contribution in [2.24, 2.45) is 17.8 Å². The van der Waals surface area contributed by atoms with Gasteiger partial charge in [0.2, 0.25) is 11.8 Å². The van der Waals surface area contributed by atoms with Crippen molar-refractivity contribution in [1.29, 1.82) is 0 Å². The van der Waals surface area contributed by atoms with Crippen LogP contribution in [0.25, 0.3) is 0 Å². The average Bonchev–Trinajstić information content (AvgIpc) is 3.15. The number of carboxylic acid groups (broad SMARTS) is 4. The molecule has 2 amide bonds. The average molecular weight is 827 g/mol. The van der Waals surface area contributed by atoms with Gasteiger partial charge >= 0.3 is 23.9 Å². The lowest BCUT2D eigenvalue weighted by molar-refractivity contribution is -0.145. The second-order valence-corrected chi connectivity index (χ2v) is 15.8. The zero-order valence-electron chi connectivity index (χ0n) is 35.1. The summed E-state index contributed by atoms with van der Waals surface area (Å²) in [6.07, 6.45) is 15.3. The Morgan fingerprint density at radius 1 is 0.466 bits per heavy atom. The monoisotopic (exact) mass is 827 g/mol. The van der Waals surface area contributed by atoms with Gasteiger partial charge in [0.1, 0.15) is 23.4 Å². The molecular formula is C43H74N2O13. The van der Waals surface area contributed by atoms with Gasteiger partial charge in [0, 0.05) is 58.8 Å². The summed E-state index contributed by atoms with van der Waals surface area (Å²) in [6.45, 7) is 3.75. The first kappa shape index (κ1) is 53.8. The normalized spacial score (nSPS) is 13.1. The molecular weight excluding hydrogens is 752 g/mol. The molecule has 58 heavy (non-hydrogen) atoms. The number of carboxylic acids is 4. The number of hydrogen-bond donors (Lipinski definition) is 6. The molecule has 0 aromatic rings. The van der Waals surface area contributed by atoms with Crippen LogP contribution in [0.3, 0.4) is 0 Å². The molecule has 0 fully saturated rings. The third kappa shape index (κ3) is 30.9. The van der Waals surface area contributed by atoms with E-state index in [1.165, 1.54) is 39.0 Å². The fourth-order valence-electron chi connectivity index (χ4n) is 6.63. The van der Waals surface area contributed by atoms with Crippen LogP contribution in [0.15, 0.2) is 0 Å². The summed E-state index contributed by atoms with van der Waals surface area (Å²) in [6, 6.07) is -1.46. The number of nitrogens with one attached hydrogen (secondary N) is 2. The fourth-order valence-corrected chi connectivity index (χ4v) is 6.63. The van der Waals surface area contributed by atoms with E-state index >= 15 is 0 Å². The molecule has 0 aromatic heterocycles. The first-order valence-corrected chi connectivity index (χ1v) is 21.5. The summed E-state index contributed by atoms with van der Waals surface area (Å²) in [7, 11) is 0. The summed E-state index contributed by atoms with van der Waals surface area (Å²) in [5.74, 6) is -8.68. The van der Waals surface area contributed by atoms with Crippen LogP contribution in [-0.4, -0.2) is 86.1 Å². The number of aliphatic carboxylic acids is 4. The quantitative estimate of drug-likeness (QED) is 0.0332. The Morgan fingerprint density at radius 2 is 0.897 bits per heavy atom. The van der Waals surface area contributed by atoms with Gasteiger partial charge < -0.3 is 31.1 Å². The largest absolute Gasteiger partial charge is 0.481 e. The van der Waals surface area contributed by atoms with E-state index in [9.17, 15) is 58.5 Å². The van der Waals surface area contributed by atoms with E-state index in [-0.39, 0.29) is 82.6 Å². The van der Waals surface area contributed by atoms with Gasteiger partial charge in [-0.15, -0.1) is 0 Å². The van der Waals surface area contributed by atoms with Gasteiger partial charge in [-0.2, -0.15) is 0 Å². The van der Waals surface area contributed by atoms with E-state index in [1.807, 2.05) is 6.92 Å². The molecule has 6 N–H and O–H groups in total. The maximum Gasteiger partial charge on any atom is 0.326 e. The molecule has 0 saturated carbocycles. The smallest absolute Gasteiger partial charge is 0.326 e. The minimum Gasteiger partial charge on any atom is -0.481 e. The van der Waals surface area contributed by atoms with Gasteiger partial charge in [-0.25, -0.2) is 4.79 Å². The van der Waals surface area contributed by atoms with Gasteiger partial charge in [-0.05, 0) is 51.9 Å². The molecule has 0 radical (unpaired) electrons. The molecule has 0 aromatic carbocycles. The number of carbonyl (C=O) groups excluding carboxylic acids is 5. The lowest BCUT2D eigenvalue weighted by Crippen LogP contribution is -2.41. The molecule has 0 saturated heterocycles. The van der Waals surface area contributed by atoms with E-state index in [0.29, 0.717) is 25.8 Å². The van der Waals surface area contributed by atoms with Crippen LogP contribution in [-0.2, 0) is 43.2 Å². The molecule has 15 nitrogen and oxygen atoms in total. The van der Waals surface area contributed by atoms with Crippen molar-refractivity contribution in [2.45, 2.75) is 193 Å². The van der Waals surface area contributed by atoms with E-state index in [4.69, 9.17) is 5.11 Å². The molecule has 0 rings (SSSR count). The van der Waals surface area contributed by atoms with Crippen molar-refractivity contribution >= 4 is 53.0 Å². The third-order valence-corrected chi connectivity index (χ3v) is 10.6. The van der Waals surface area contributed by atoms with Crippen LogP contribution in [0.4, 0.5) is 0 Å². The summed E-state index contributed by atoms with van der Waals surface area (Å²) in [4.78, 5) is 107. The number of unbranched alkanes of at least 4 members (excludes halogenated alkanes) is 14. The Morgan fingerprint density at radius 3 is 1.33 bits per heavy atom. The molecule has 0 aliphatic rings. The highest BCUT2D eigenvalue weighted by Gasteiger charge is 2.27. The molecule has 4 atom stereocenters. The Kier molecular flexibility index (Phi) is 31.3. The van der Waals surface area contributed by atoms with Crippen molar-refractivity contribution in [2.75, 3.05) is 6.54 Å². The SMILES string of the molecule is CC(=O)[C@@H](C)CCCCNC(=O)CC[C@H](CC(=O)CC[C@H](NC(=O)CC[C@H](CC(=O)CCCCCCCCCCCCCCCCC(=O)O)C(=O)O)C(=O)O)C(=O)O.[HH]. The minimum absolute atomic E-state index is 0. The van der Waals surface area contributed by atoms with E-state index in [2.05, 4.69) is 10.6 Å². The van der Waals surface area contributed by atoms with Crippen LogP contribution in [0, 0.1) is 17.8 Å². The van der Waals surface area contributed by atoms with Crippen LogP contribution < -0.4 is 10.6 Å². The molecule has 334 valence electrons. The fraction of sp³-hybridized carbons (Fsp3) is 0.791. The van der Waals surface area contributed by atoms with Gasteiger partial charge in [-0.3, -0.25) is 38.4 Å². The molecule has 0 bridgehead atoms. The van der Waals surface area contributed by atoms with E-state index in [1.54, 1.807) is 0 Å². The zero-order chi connectivity index (χ0) is 43.7. The maximum atomic E-state index is 12.6. The molecule has 0 heterocycles. The van der Waals surface area contributed by atoms with Gasteiger partial charge in [0.15, 0.2) is 0 Å². The van der Waals surface area contributed by atoms with E-state index in [0.717, 1.165) is 57.8 Å². The van der Waals surface area contributed by atoms with Crippen LogP contribution in [0.2, 0.25) is 0 Å². The summed E-state index contributed by atoms with van der Waals surface area (Å²) in [5, 5.41) is 42.4. The topological polar surface area (TPSA) is 259 Å². The zero-order valence-corrected chi connectivity index (χ0v) is 35.1. The van der Waals surface area contributed by atoms with Crippen LogP contribution in [0.1, 0.15) is 189 Å². The van der Waals surface area contributed by atoms with Crippen molar-refractivity contribution in [3.8, 4) is 0 Å². The second-order valence-electron chi connectivity index (χ2n) is 15.8. The molecule has 0 aliphatic heterocycles. The Labute approximate surface area is 345 Å². The lowest BCUT2D eigenvalue weighted by atomic mass is 9.94. The second kappa shape index (κ2) is 33.8. The van der Waals surface area contributed by atoms with E-state index < -0.39 is 59.9 Å². The molecule has 0 spiro atoms. The first-order valence-electron chi connectivity index (χ1n) is 21.5. The standard InChI is InChI=1S/C43H72N2O13.H2/c1-31(32(2)46)19-17-18-28-44-38(49)26-22-33(41(53)54)30-36(48)24-25-37(43(57)58)45-39(50)27-23-34(42(55)56)29-35(47)20-15-13-11-9-7-5-3-4-6-8-10-12-14-16-21-40(51)52;/h31,33-34,37H,3-30H2,1-2H3,(H,44,49)(H,45,50)(H,51,52)(H,53,54)(H,55,56)(H,57,58);1H/t31-,33+,34+,37-;/m0./s1. The number of rotatable bonds is 40. The number of ketones is 3.